The fourth-order valence-corrected chi connectivity index (χ4v) is 3.10. The molecule has 0 fully saturated rings. The minimum Gasteiger partial charge on any atom is -0.479 e. The molecule has 0 aliphatic heterocycles. The van der Waals surface area contributed by atoms with Crippen molar-refractivity contribution in [2.45, 2.75) is 25.7 Å². The van der Waals surface area contributed by atoms with Crippen LogP contribution in [0.3, 0.4) is 0 Å². The van der Waals surface area contributed by atoms with Gasteiger partial charge >= 0.3 is 6.18 Å². The van der Waals surface area contributed by atoms with Crippen LogP contribution in [0.1, 0.15) is 18.3 Å². The number of carbonyl (C=O) groups is 1. The minimum atomic E-state index is -4.59. The lowest BCUT2D eigenvalue weighted by molar-refractivity contribution is -0.137. The third-order valence-electron chi connectivity index (χ3n) is 3.85. The summed E-state index contributed by atoms with van der Waals surface area (Å²) < 4.78 is 45.6. The fraction of sp³-hybridized carbons (Fsp3) is 0.235. The van der Waals surface area contributed by atoms with Crippen molar-refractivity contribution in [1.29, 1.82) is 0 Å². The van der Waals surface area contributed by atoms with Crippen molar-refractivity contribution < 1.29 is 22.7 Å². The van der Waals surface area contributed by atoms with Crippen molar-refractivity contribution in [2.75, 3.05) is 0 Å². The van der Waals surface area contributed by atoms with Crippen LogP contribution < -0.4 is 10.1 Å². The van der Waals surface area contributed by atoms with E-state index in [0.717, 1.165) is 16.7 Å². The van der Waals surface area contributed by atoms with Gasteiger partial charge in [-0.3, -0.25) is 9.20 Å². The second-order valence-electron chi connectivity index (χ2n) is 5.94. The van der Waals surface area contributed by atoms with Crippen LogP contribution in [0, 0.1) is 0 Å². The predicted molar refractivity (Wildman–Crippen MR) is 101 cm³/mol. The van der Waals surface area contributed by atoms with Crippen LogP contribution in [0.25, 0.3) is 5.65 Å². The van der Waals surface area contributed by atoms with Gasteiger partial charge in [-0.1, -0.05) is 34.8 Å². The maximum absolute atomic E-state index is 13.0. The monoisotopic (exact) mass is 466 g/mol. The highest BCUT2D eigenvalue weighted by Gasteiger charge is 2.32. The molecule has 6 nitrogen and oxygen atoms in total. The lowest BCUT2D eigenvalue weighted by Crippen LogP contribution is -2.36. The highest BCUT2D eigenvalue weighted by atomic mass is 35.5. The molecule has 0 radical (unpaired) electrons. The number of rotatable bonds is 5. The maximum Gasteiger partial charge on any atom is 0.417 e. The van der Waals surface area contributed by atoms with E-state index in [-0.39, 0.29) is 33.8 Å². The van der Waals surface area contributed by atoms with Crippen molar-refractivity contribution in [3.05, 3.63) is 56.9 Å². The number of pyridine rings is 1. The van der Waals surface area contributed by atoms with Crippen LogP contribution in [0.2, 0.25) is 15.1 Å². The molecule has 3 aromatic rings. The Kier molecular flexibility index (Phi) is 6.11. The molecule has 0 saturated carbocycles. The van der Waals surface area contributed by atoms with E-state index in [2.05, 4.69) is 15.5 Å². The molecule has 0 spiro atoms. The first-order valence-electron chi connectivity index (χ1n) is 8.06. The average Bonchev–Trinajstić information content (AvgIpc) is 3.05. The summed E-state index contributed by atoms with van der Waals surface area (Å²) in [4.78, 5) is 12.3. The quantitative estimate of drug-likeness (QED) is 0.586. The van der Waals surface area contributed by atoms with Crippen LogP contribution in [0.15, 0.2) is 30.5 Å². The average molecular weight is 468 g/mol. The van der Waals surface area contributed by atoms with Crippen molar-refractivity contribution in [3.8, 4) is 5.75 Å². The second-order valence-corrected chi connectivity index (χ2v) is 7.19. The summed E-state index contributed by atoms with van der Waals surface area (Å²) in [6.07, 6.45) is -4.72. The SMILES string of the molecule is CC(Oc1ccc(Cl)cc1Cl)C(=O)NCc1nnc2c(Cl)cc(C(F)(F)F)cn12. The van der Waals surface area contributed by atoms with Crippen molar-refractivity contribution in [2.24, 2.45) is 0 Å². The van der Waals surface area contributed by atoms with Gasteiger partial charge in [0.05, 0.1) is 22.2 Å². The Bertz CT molecular complexity index is 1070. The maximum atomic E-state index is 13.0. The Morgan fingerprint density at radius 1 is 1.21 bits per heavy atom. The van der Waals surface area contributed by atoms with Crippen LogP contribution >= 0.6 is 34.8 Å². The number of carbonyl (C=O) groups excluding carboxylic acids is 1. The van der Waals surface area contributed by atoms with Crippen molar-refractivity contribution in [1.82, 2.24) is 19.9 Å². The van der Waals surface area contributed by atoms with E-state index in [1.165, 1.54) is 19.1 Å². The number of hydrogen-bond donors (Lipinski definition) is 1. The van der Waals surface area contributed by atoms with E-state index >= 15 is 0 Å². The molecule has 12 heteroatoms. The number of fused-ring (bicyclic) bond motifs is 1. The summed E-state index contributed by atoms with van der Waals surface area (Å²) in [5.41, 5.74) is -0.919. The van der Waals surface area contributed by atoms with Gasteiger partial charge in [-0.2, -0.15) is 13.2 Å². The lowest BCUT2D eigenvalue weighted by atomic mass is 10.2. The Labute approximate surface area is 177 Å². The lowest BCUT2D eigenvalue weighted by Gasteiger charge is -2.15. The zero-order valence-electron chi connectivity index (χ0n) is 14.6. The summed E-state index contributed by atoms with van der Waals surface area (Å²) >= 11 is 17.7. The molecule has 1 aromatic carbocycles. The van der Waals surface area contributed by atoms with Crippen molar-refractivity contribution >= 4 is 46.4 Å². The number of benzene rings is 1. The number of nitrogens with zero attached hydrogens (tertiary/aromatic N) is 3. The zero-order valence-corrected chi connectivity index (χ0v) is 16.9. The summed E-state index contributed by atoms with van der Waals surface area (Å²) in [5.74, 6) is -0.211. The molecule has 2 aromatic heterocycles. The van der Waals surface area contributed by atoms with E-state index in [1.807, 2.05) is 0 Å². The van der Waals surface area contributed by atoms with E-state index in [0.29, 0.717) is 5.02 Å². The van der Waals surface area contributed by atoms with Crippen LogP contribution in [0.4, 0.5) is 13.2 Å². The molecule has 1 amide bonds. The summed E-state index contributed by atoms with van der Waals surface area (Å²) in [5, 5.41) is 10.5. The zero-order chi connectivity index (χ0) is 21.3. The number of nitrogens with one attached hydrogen (secondary N) is 1. The van der Waals surface area contributed by atoms with E-state index < -0.39 is 23.8 Å². The van der Waals surface area contributed by atoms with Crippen molar-refractivity contribution in [3.63, 3.8) is 0 Å². The Morgan fingerprint density at radius 3 is 2.59 bits per heavy atom. The standard InChI is InChI=1S/C17H12Cl3F3N4O2/c1-8(29-13-3-2-10(18)5-11(13)19)16(28)24-6-14-25-26-15-12(20)4-9(7-27(14)15)17(21,22)23/h2-5,7-8H,6H2,1H3,(H,24,28). The third-order valence-corrected chi connectivity index (χ3v) is 4.65. The molecule has 154 valence electrons. The van der Waals surface area contributed by atoms with Gasteiger partial charge in [0.15, 0.2) is 17.6 Å². The molecule has 29 heavy (non-hydrogen) atoms. The van der Waals surface area contributed by atoms with E-state index in [1.54, 1.807) is 6.07 Å². The molecule has 3 rings (SSSR count). The second kappa shape index (κ2) is 8.25. The topological polar surface area (TPSA) is 68.5 Å². The largest absolute Gasteiger partial charge is 0.479 e. The van der Waals surface area contributed by atoms with Gasteiger partial charge in [-0.15, -0.1) is 10.2 Å². The van der Waals surface area contributed by atoms with E-state index in [4.69, 9.17) is 39.5 Å². The van der Waals surface area contributed by atoms with Gasteiger partial charge in [-0.05, 0) is 31.2 Å². The molecule has 0 aliphatic carbocycles. The summed E-state index contributed by atoms with van der Waals surface area (Å²) in [6, 6.07) is 5.30. The van der Waals surface area contributed by atoms with Crippen LogP contribution in [-0.2, 0) is 17.5 Å². The molecule has 1 atom stereocenters. The third kappa shape index (κ3) is 4.85. The van der Waals surface area contributed by atoms with Crippen LogP contribution in [0.5, 0.6) is 5.75 Å². The Morgan fingerprint density at radius 2 is 1.93 bits per heavy atom. The number of ether oxygens (including phenoxy) is 1. The number of hydrogen-bond acceptors (Lipinski definition) is 4. The Balaban J connectivity index is 1.72. The molecule has 1 N–H and O–H groups in total. The molecular formula is C17H12Cl3F3N4O2. The van der Waals surface area contributed by atoms with Gasteiger partial charge < -0.3 is 10.1 Å². The van der Waals surface area contributed by atoms with Gasteiger partial charge in [0.2, 0.25) is 0 Å². The van der Waals surface area contributed by atoms with Gasteiger partial charge in [-0.25, -0.2) is 0 Å². The number of alkyl halides is 3. The first-order valence-corrected chi connectivity index (χ1v) is 9.19. The first kappa shape index (κ1) is 21.5. The predicted octanol–water partition coefficient (Wildman–Crippen LogP) is 4.79. The molecule has 1 unspecified atom stereocenters. The molecular weight excluding hydrogens is 456 g/mol. The highest BCUT2D eigenvalue weighted by Crippen LogP contribution is 2.32. The van der Waals surface area contributed by atoms with Gasteiger partial charge in [0.25, 0.3) is 5.91 Å². The fourth-order valence-electron chi connectivity index (χ4n) is 2.40. The first-order chi connectivity index (χ1) is 13.6. The number of halogens is 6. The number of aromatic nitrogens is 3. The molecule has 0 bridgehead atoms. The smallest absolute Gasteiger partial charge is 0.417 e. The molecule has 0 aliphatic rings. The van der Waals surface area contributed by atoms with Crippen LogP contribution in [-0.4, -0.2) is 26.6 Å². The number of amides is 1. The molecule has 2 heterocycles. The van der Waals surface area contributed by atoms with E-state index in [9.17, 15) is 18.0 Å². The summed E-state index contributed by atoms with van der Waals surface area (Å²) in [6.45, 7) is 1.29. The highest BCUT2D eigenvalue weighted by molar-refractivity contribution is 6.35. The van der Waals surface area contributed by atoms with Gasteiger partial charge in [0.1, 0.15) is 5.75 Å². The normalized spacial score (nSPS) is 12.8. The minimum absolute atomic E-state index is 0.0427. The molecule has 0 saturated heterocycles. The summed E-state index contributed by atoms with van der Waals surface area (Å²) in [7, 11) is 0. The Hall–Kier alpha value is -2.23. The van der Waals surface area contributed by atoms with Gasteiger partial charge in [0, 0.05) is 11.2 Å².